The maximum Gasteiger partial charge on any atom is 0.220 e. The van der Waals surface area contributed by atoms with Crippen LogP contribution in [0.5, 0.6) is 11.5 Å². The normalized spacial score (nSPS) is 17.9. The molecule has 0 aromatic heterocycles. The molecule has 2 aromatic rings. The molecule has 0 aliphatic carbocycles. The first-order valence-electron chi connectivity index (χ1n) is 11.5. The van der Waals surface area contributed by atoms with Gasteiger partial charge in [-0.25, -0.2) is 8.42 Å². The van der Waals surface area contributed by atoms with E-state index >= 15 is 0 Å². The Labute approximate surface area is 203 Å². The zero-order chi connectivity index (χ0) is 24.6. The lowest BCUT2D eigenvalue weighted by atomic mass is 10.1. The molecule has 0 saturated carbocycles. The molecule has 3 rings (SSSR count). The lowest BCUT2D eigenvalue weighted by molar-refractivity contribution is 0.0824. The molecule has 1 saturated heterocycles. The summed E-state index contributed by atoms with van der Waals surface area (Å²) < 4.78 is 45.7. The third kappa shape index (κ3) is 6.82. The van der Waals surface area contributed by atoms with Crippen molar-refractivity contribution in [3.05, 3.63) is 72.3 Å². The molecule has 1 N–H and O–H groups in total. The highest BCUT2D eigenvalue weighted by atomic mass is 32.2. The van der Waals surface area contributed by atoms with E-state index in [2.05, 4.69) is 6.58 Å². The molecule has 7 nitrogen and oxygen atoms in total. The van der Waals surface area contributed by atoms with E-state index in [4.69, 9.17) is 14.2 Å². The van der Waals surface area contributed by atoms with E-state index in [9.17, 15) is 13.5 Å². The van der Waals surface area contributed by atoms with Gasteiger partial charge in [0.25, 0.3) is 0 Å². The summed E-state index contributed by atoms with van der Waals surface area (Å²) in [6.45, 7) is 4.64. The molecular weight excluding hydrogens is 454 g/mol. The fraction of sp³-hybridized carbons (Fsp3) is 0.462. The molecule has 8 heteroatoms. The Balaban J connectivity index is 1.93. The number of benzene rings is 2. The molecule has 186 valence electrons. The Morgan fingerprint density at radius 2 is 1.59 bits per heavy atom. The highest BCUT2D eigenvalue weighted by Crippen LogP contribution is 2.28. The highest BCUT2D eigenvalue weighted by molar-refractivity contribution is 7.89. The van der Waals surface area contributed by atoms with E-state index in [1.165, 1.54) is 4.31 Å². The van der Waals surface area contributed by atoms with Gasteiger partial charge in [-0.05, 0) is 61.1 Å². The van der Waals surface area contributed by atoms with Crippen molar-refractivity contribution in [2.45, 2.75) is 56.2 Å². The van der Waals surface area contributed by atoms with E-state index in [0.717, 1.165) is 24.0 Å². The van der Waals surface area contributed by atoms with Crippen LogP contribution in [0.15, 0.2) is 61.2 Å². The molecule has 1 aliphatic heterocycles. The monoisotopic (exact) mass is 489 g/mol. The first kappa shape index (κ1) is 26.2. The van der Waals surface area contributed by atoms with Gasteiger partial charge in [0.1, 0.15) is 16.7 Å². The van der Waals surface area contributed by atoms with Gasteiger partial charge < -0.3 is 19.3 Å². The van der Waals surface area contributed by atoms with Gasteiger partial charge in [0, 0.05) is 19.7 Å². The van der Waals surface area contributed by atoms with Crippen molar-refractivity contribution in [3.8, 4) is 11.5 Å². The number of aliphatic hydroxyl groups is 1. The Morgan fingerprint density at radius 3 is 2.00 bits per heavy atom. The minimum Gasteiger partial charge on any atom is -0.497 e. The van der Waals surface area contributed by atoms with Crippen LogP contribution in [0, 0.1) is 0 Å². The van der Waals surface area contributed by atoms with Gasteiger partial charge in [-0.15, -0.1) is 6.58 Å². The zero-order valence-corrected chi connectivity index (χ0v) is 20.7. The highest BCUT2D eigenvalue weighted by Gasteiger charge is 2.39. The summed E-state index contributed by atoms with van der Waals surface area (Å²) in [6.07, 6.45) is 2.44. The summed E-state index contributed by atoms with van der Waals surface area (Å²) in [6, 6.07) is 14.6. The number of sulfonamides is 1. The van der Waals surface area contributed by atoms with Crippen LogP contribution >= 0.6 is 0 Å². The molecule has 0 spiro atoms. The van der Waals surface area contributed by atoms with Crippen LogP contribution in [0.3, 0.4) is 0 Å². The zero-order valence-electron chi connectivity index (χ0n) is 19.9. The lowest BCUT2D eigenvalue weighted by Crippen LogP contribution is -2.45. The average Bonchev–Trinajstić information content (AvgIpc) is 3.36. The van der Waals surface area contributed by atoms with Crippen molar-refractivity contribution in [2.75, 3.05) is 20.8 Å². The van der Waals surface area contributed by atoms with E-state index in [1.54, 1.807) is 20.3 Å². The number of ether oxygens (including phenoxy) is 3. The SMILES string of the molecule is C=CC[C@@H](O)[C@@H](CC1CCCO1)S(=O)(=O)N(Cc1ccc(OC)cc1)Cc1ccc(OC)cc1. The van der Waals surface area contributed by atoms with Gasteiger partial charge >= 0.3 is 0 Å². The average molecular weight is 490 g/mol. The second-order valence-corrected chi connectivity index (χ2v) is 10.7. The minimum atomic E-state index is -3.91. The number of rotatable bonds is 13. The summed E-state index contributed by atoms with van der Waals surface area (Å²) in [5.74, 6) is 1.40. The van der Waals surface area contributed by atoms with Crippen LogP contribution < -0.4 is 9.47 Å². The van der Waals surface area contributed by atoms with Crippen molar-refractivity contribution in [3.63, 3.8) is 0 Å². The smallest absolute Gasteiger partial charge is 0.220 e. The Hall–Kier alpha value is -2.39. The van der Waals surface area contributed by atoms with Crippen LogP contribution in [0.1, 0.15) is 36.8 Å². The largest absolute Gasteiger partial charge is 0.497 e. The molecule has 2 aromatic carbocycles. The fourth-order valence-electron chi connectivity index (χ4n) is 4.19. The fourth-order valence-corrected chi connectivity index (χ4v) is 6.19. The molecule has 3 atom stereocenters. The van der Waals surface area contributed by atoms with Gasteiger partial charge in [0.15, 0.2) is 0 Å². The molecule has 1 unspecified atom stereocenters. The summed E-state index contributed by atoms with van der Waals surface area (Å²) >= 11 is 0. The van der Waals surface area contributed by atoms with Crippen LogP contribution in [0.2, 0.25) is 0 Å². The maximum absolute atomic E-state index is 14.0. The Kier molecular flexibility index (Phi) is 9.53. The van der Waals surface area contributed by atoms with E-state index in [1.807, 2.05) is 48.5 Å². The van der Waals surface area contributed by atoms with Crippen molar-refractivity contribution in [2.24, 2.45) is 0 Å². The van der Waals surface area contributed by atoms with Crippen molar-refractivity contribution >= 4 is 10.0 Å². The number of aliphatic hydroxyl groups excluding tert-OH is 1. The van der Waals surface area contributed by atoms with Gasteiger partial charge in [0.2, 0.25) is 10.0 Å². The van der Waals surface area contributed by atoms with Gasteiger partial charge in [0.05, 0.1) is 26.4 Å². The molecule has 1 heterocycles. The van der Waals surface area contributed by atoms with Gasteiger partial charge in [-0.2, -0.15) is 4.31 Å². The Bertz CT molecular complexity index is 951. The van der Waals surface area contributed by atoms with Gasteiger partial charge in [-0.1, -0.05) is 30.3 Å². The van der Waals surface area contributed by atoms with Crippen LogP contribution in [0.4, 0.5) is 0 Å². The molecule has 34 heavy (non-hydrogen) atoms. The maximum atomic E-state index is 14.0. The van der Waals surface area contributed by atoms with Crippen molar-refractivity contribution in [1.29, 1.82) is 0 Å². The van der Waals surface area contributed by atoms with E-state index in [-0.39, 0.29) is 32.0 Å². The molecular formula is C26H35NO6S. The van der Waals surface area contributed by atoms with E-state index < -0.39 is 21.4 Å². The van der Waals surface area contributed by atoms with Crippen LogP contribution in [-0.4, -0.2) is 56.1 Å². The first-order valence-corrected chi connectivity index (χ1v) is 13.0. The predicted molar refractivity (Wildman–Crippen MR) is 132 cm³/mol. The molecule has 0 amide bonds. The topological polar surface area (TPSA) is 85.3 Å². The molecule has 1 aliphatic rings. The Morgan fingerprint density at radius 1 is 1.06 bits per heavy atom. The third-order valence-electron chi connectivity index (χ3n) is 6.13. The number of methoxy groups -OCH3 is 2. The summed E-state index contributed by atoms with van der Waals surface area (Å²) in [5.41, 5.74) is 1.65. The standard InChI is InChI=1S/C26H35NO6S/c1-4-6-25(28)26(17-24-7-5-16-33-24)34(29,30)27(18-20-8-12-22(31-2)13-9-20)19-21-10-14-23(32-3)15-11-21/h4,8-15,24-26,28H,1,5-7,16-19H2,2-3H3/t24?,25-,26-/m1/s1. The lowest BCUT2D eigenvalue weighted by Gasteiger charge is -2.31. The van der Waals surface area contributed by atoms with Crippen LogP contribution in [0.25, 0.3) is 0 Å². The summed E-state index contributed by atoms with van der Waals surface area (Å²) in [5, 5.41) is 9.86. The van der Waals surface area contributed by atoms with E-state index in [0.29, 0.717) is 18.1 Å². The predicted octanol–water partition coefficient (Wildman–Crippen LogP) is 3.91. The molecule has 0 bridgehead atoms. The summed E-state index contributed by atoms with van der Waals surface area (Å²) in [4.78, 5) is 0. The third-order valence-corrected chi connectivity index (χ3v) is 8.38. The van der Waals surface area contributed by atoms with Crippen molar-refractivity contribution < 1.29 is 27.7 Å². The van der Waals surface area contributed by atoms with Crippen LogP contribution in [-0.2, 0) is 27.8 Å². The molecule has 1 fully saturated rings. The second kappa shape index (κ2) is 12.4. The quantitative estimate of drug-likeness (QED) is 0.430. The van der Waals surface area contributed by atoms with Crippen molar-refractivity contribution in [1.82, 2.24) is 4.31 Å². The minimum absolute atomic E-state index is 0.168. The van der Waals surface area contributed by atoms with Gasteiger partial charge in [-0.3, -0.25) is 0 Å². The number of nitrogens with zero attached hydrogens (tertiary/aromatic N) is 1. The number of hydrogen-bond acceptors (Lipinski definition) is 6. The molecule has 0 radical (unpaired) electrons. The number of hydrogen-bond donors (Lipinski definition) is 1. The first-order chi connectivity index (χ1) is 16.4. The second-order valence-electron chi connectivity index (χ2n) is 8.51. The summed E-state index contributed by atoms with van der Waals surface area (Å²) in [7, 11) is -0.728.